The number of aromatic nitrogens is 2. The van der Waals surface area contributed by atoms with Crippen molar-refractivity contribution in [2.24, 2.45) is 5.73 Å². The summed E-state index contributed by atoms with van der Waals surface area (Å²) in [6.07, 6.45) is -0.888. The maximum atomic E-state index is 12.4. The number of imidazole rings is 1. The number of nitrogens with one attached hydrogen (secondary N) is 3. The Balaban J connectivity index is 1.74. The Morgan fingerprint density at radius 3 is 2.34 bits per heavy atom. The standard InChI is InChI=1S/C20H19Cl2N5O5/c1-19(2,3)27-14-8-10(4-5-13(14)24-17(27)29)31-15-11(21)6-9(7-12(15)22)20(16(23)28)25-18(30)32-26-20/h4-8,26H,1-3H3,(H2,23,28)(H,24,29)(H,25,30). The molecule has 0 saturated carbocycles. The van der Waals surface area contributed by atoms with Crippen molar-refractivity contribution >= 4 is 46.2 Å². The van der Waals surface area contributed by atoms with Gasteiger partial charge in [-0.25, -0.2) is 9.59 Å². The van der Waals surface area contributed by atoms with E-state index in [9.17, 15) is 14.4 Å². The van der Waals surface area contributed by atoms with Crippen LogP contribution < -0.4 is 27.0 Å². The van der Waals surface area contributed by atoms with Gasteiger partial charge in [0.1, 0.15) is 5.75 Å². The number of hydrogen-bond donors (Lipinski definition) is 4. The number of H-pyrrole nitrogens is 1. The van der Waals surface area contributed by atoms with Crippen LogP contribution in [0.3, 0.4) is 0 Å². The van der Waals surface area contributed by atoms with Gasteiger partial charge in [0.05, 0.1) is 21.1 Å². The van der Waals surface area contributed by atoms with Crippen LogP contribution in [0.1, 0.15) is 26.3 Å². The summed E-state index contributed by atoms with van der Waals surface area (Å²) in [5.41, 5.74) is 6.63. The third kappa shape index (κ3) is 3.56. The van der Waals surface area contributed by atoms with E-state index < -0.39 is 23.2 Å². The second-order valence-electron chi connectivity index (χ2n) is 8.22. The molecule has 1 unspecified atom stereocenters. The molecule has 32 heavy (non-hydrogen) atoms. The molecule has 0 spiro atoms. The Hall–Kier alpha value is -3.21. The number of primary amides is 1. The largest absolute Gasteiger partial charge is 0.454 e. The predicted molar refractivity (Wildman–Crippen MR) is 118 cm³/mol. The number of amides is 2. The van der Waals surface area contributed by atoms with E-state index in [1.807, 2.05) is 20.8 Å². The van der Waals surface area contributed by atoms with Crippen LogP contribution in [-0.2, 0) is 20.8 Å². The topological polar surface area (TPSA) is 140 Å². The molecule has 2 amide bonds. The number of hydroxylamine groups is 1. The number of fused-ring (bicyclic) bond motifs is 1. The first-order chi connectivity index (χ1) is 14.9. The molecule has 0 radical (unpaired) electrons. The van der Waals surface area contributed by atoms with Crippen LogP contribution in [0.15, 0.2) is 35.1 Å². The van der Waals surface area contributed by atoms with Gasteiger partial charge in [-0.05, 0) is 45.0 Å². The fourth-order valence-corrected chi connectivity index (χ4v) is 4.08. The molecule has 3 aromatic rings. The summed E-state index contributed by atoms with van der Waals surface area (Å²) in [4.78, 5) is 43.3. The highest BCUT2D eigenvalue weighted by Gasteiger charge is 2.47. The predicted octanol–water partition coefficient (Wildman–Crippen LogP) is 3.07. The number of rotatable bonds is 4. The minimum absolute atomic E-state index is 0.0541. The van der Waals surface area contributed by atoms with Crippen molar-refractivity contribution in [3.05, 3.63) is 56.4 Å². The molecule has 1 aliphatic rings. The van der Waals surface area contributed by atoms with Gasteiger partial charge >= 0.3 is 11.8 Å². The van der Waals surface area contributed by atoms with Crippen molar-refractivity contribution in [2.45, 2.75) is 32.0 Å². The van der Waals surface area contributed by atoms with Crippen LogP contribution >= 0.6 is 23.2 Å². The van der Waals surface area contributed by atoms with Gasteiger partial charge in [0.2, 0.25) is 5.66 Å². The lowest BCUT2D eigenvalue weighted by Crippen LogP contribution is -2.56. The summed E-state index contributed by atoms with van der Waals surface area (Å²) in [6.45, 7) is 5.74. The average Bonchev–Trinajstić information content (AvgIpc) is 3.24. The molecule has 168 valence electrons. The van der Waals surface area contributed by atoms with E-state index in [1.165, 1.54) is 12.1 Å². The number of hydrogen-bond acceptors (Lipinski definition) is 6. The minimum atomic E-state index is -1.84. The number of carbonyl (C=O) groups is 2. The maximum Gasteiger partial charge on any atom is 0.428 e. The van der Waals surface area contributed by atoms with Crippen molar-refractivity contribution in [2.75, 3.05) is 0 Å². The Labute approximate surface area is 191 Å². The van der Waals surface area contributed by atoms with Gasteiger partial charge in [0.25, 0.3) is 5.91 Å². The molecule has 1 atom stereocenters. The lowest BCUT2D eigenvalue weighted by atomic mass is 9.99. The lowest BCUT2D eigenvalue weighted by Gasteiger charge is -2.24. The van der Waals surface area contributed by atoms with Gasteiger partial charge < -0.3 is 20.3 Å². The fraction of sp³-hybridized carbons (Fsp3) is 0.250. The Morgan fingerprint density at radius 1 is 1.16 bits per heavy atom. The highest BCUT2D eigenvalue weighted by molar-refractivity contribution is 6.37. The first-order valence-electron chi connectivity index (χ1n) is 9.41. The monoisotopic (exact) mass is 479 g/mol. The fourth-order valence-electron chi connectivity index (χ4n) is 3.52. The quantitative estimate of drug-likeness (QED) is 0.453. The summed E-state index contributed by atoms with van der Waals surface area (Å²) in [6, 6.07) is 7.80. The SMILES string of the molecule is CC(C)(C)n1c(=O)[nH]c2ccc(Oc3c(Cl)cc(C4(C(N)=O)NOC(=O)N4)cc3Cl)cc21. The summed E-state index contributed by atoms with van der Waals surface area (Å²) in [5.74, 6) is -0.435. The molecular formula is C20H19Cl2N5O5. The van der Waals surface area contributed by atoms with E-state index in [0.29, 0.717) is 16.8 Å². The van der Waals surface area contributed by atoms with E-state index in [-0.39, 0.29) is 27.0 Å². The number of ether oxygens (including phenoxy) is 1. The highest BCUT2D eigenvalue weighted by Crippen LogP contribution is 2.40. The zero-order valence-electron chi connectivity index (χ0n) is 17.2. The summed E-state index contributed by atoms with van der Waals surface area (Å²) in [7, 11) is 0. The number of nitrogens with two attached hydrogens (primary N) is 1. The minimum Gasteiger partial charge on any atom is -0.454 e. The first kappa shape index (κ1) is 22.0. The molecule has 10 nitrogen and oxygen atoms in total. The maximum absolute atomic E-state index is 12.4. The van der Waals surface area contributed by atoms with Gasteiger partial charge in [0, 0.05) is 17.2 Å². The van der Waals surface area contributed by atoms with Crippen molar-refractivity contribution in [1.29, 1.82) is 0 Å². The molecule has 2 aromatic carbocycles. The van der Waals surface area contributed by atoms with Crippen LogP contribution in [-0.4, -0.2) is 21.6 Å². The molecule has 12 heteroatoms. The molecule has 0 bridgehead atoms. The van der Waals surface area contributed by atoms with Gasteiger partial charge in [0.15, 0.2) is 5.75 Å². The average molecular weight is 480 g/mol. The van der Waals surface area contributed by atoms with Crippen molar-refractivity contribution in [3.8, 4) is 11.5 Å². The second kappa shape index (κ2) is 7.44. The molecular weight excluding hydrogens is 461 g/mol. The number of benzene rings is 2. The molecule has 5 N–H and O–H groups in total. The second-order valence-corrected chi connectivity index (χ2v) is 9.03. The number of nitrogens with zero attached hydrogens (tertiary/aromatic N) is 1. The van der Waals surface area contributed by atoms with Crippen molar-refractivity contribution in [1.82, 2.24) is 20.3 Å². The number of halogens is 2. The Kier molecular flexibility index (Phi) is 5.11. The van der Waals surface area contributed by atoms with Crippen LogP contribution in [0.25, 0.3) is 11.0 Å². The van der Waals surface area contributed by atoms with Gasteiger partial charge in [-0.2, -0.15) is 0 Å². The highest BCUT2D eigenvalue weighted by atomic mass is 35.5. The number of carbonyl (C=O) groups excluding carboxylic acids is 2. The van der Waals surface area contributed by atoms with Gasteiger partial charge in [-0.3, -0.25) is 14.7 Å². The van der Waals surface area contributed by atoms with Crippen LogP contribution in [0.5, 0.6) is 11.5 Å². The number of aromatic amines is 1. The summed E-state index contributed by atoms with van der Waals surface area (Å²) >= 11 is 12.8. The van der Waals surface area contributed by atoms with E-state index in [2.05, 4.69) is 20.6 Å². The van der Waals surface area contributed by atoms with E-state index in [0.717, 1.165) is 0 Å². The van der Waals surface area contributed by atoms with Gasteiger partial charge in [-0.1, -0.05) is 23.2 Å². The molecule has 2 heterocycles. The molecule has 4 rings (SSSR count). The normalized spacial score (nSPS) is 18.5. The molecule has 1 fully saturated rings. The molecule has 1 aromatic heterocycles. The lowest BCUT2D eigenvalue weighted by molar-refractivity contribution is -0.127. The smallest absolute Gasteiger partial charge is 0.428 e. The third-order valence-electron chi connectivity index (χ3n) is 4.93. The zero-order chi connectivity index (χ0) is 23.4. The Bertz CT molecular complexity index is 1300. The van der Waals surface area contributed by atoms with E-state index >= 15 is 0 Å². The zero-order valence-corrected chi connectivity index (χ0v) is 18.7. The summed E-state index contributed by atoms with van der Waals surface area (Å²) < 4.78 is 7.53. The van der Waals surface area contributed by atoms with Crippen LogP contribution in [0, 0.1) is 0 Å². The summed E-state index contributed by atoms with van der Waals surface area (Å²) in [5, 5.41) is 2.42. The molecule has 1 saturated heterocycles. The van der Waals surface area contributed by atoms with Crippen LogP contribution in [0.4, 0.5) is 4.79 Å². The van der Waals surface area contributed by atoms with Crippen molar-refractivity contribution < 1.29 is 19.2 Å². The van der Waals surface area contributed by atoms with Gasteiger partial charge in [-0.15, -0.1) is 5.48 Å². The Morgan fingerprint density at radius 2 is 1.81 bits per heavy atom. The molecule has 0 aliphatic carbocycles. The molecule has 1 aliphatic heterocycles. The van der Waals surface area contributed by atoms with E-state index in [4.69, 9.17) is 33.7 Å². The third-order valence-corrected chi connectivity index (χ3v) is 5.49. The van der Waals surface area contributed by atoms with Crippen molar-refractivity contribution in [3.63, 3.8) is 0 Å². The van der Waals surface area contributed by atoms with Crippen LogP contribution in [0.2, 0.25) is 10.0 Å². The van der Waals surface area contributed by atoms with E-state index in [1.54, 1.807) is 22.8 Å². The first-order valence-corrected chi connectivity index (χ1v) is 10.2.